The van der Waals surface area contributed by atoms with E-state index in [9.17, 15) is 0 Å². The van der Waals surface area contributed by atoms with E-state index in [1.807, 2.05) is 0 Å². The lowest BCUT2D eigenvalue weighted by atomic mass is 9.80. The van der Waals surface area contributed by atoms with Gasteiger partial charge in [0.2, 0.25) is 0 Å². The summed E-state index contributed by atoms with van der Waals surface area (Å²) in [6.07, 6.45) is 14.6. The van der Waals surface area contributed by atoms with Crippen molar-refractivity contribution in [2.45, 2.75) is 82.3 Å². The highest BCUT2D eigenvalue weighted by Gasteiger charge is 2.37. The van der Waals surface area contributed by atoms with E-state index in [2.05, 4.69) is 24.3 Å². The van der Waals surface area contributed by atoms with Crippen LogP contribution in [0.3, 0.4) is 0 Å². The number of hydrogen-bond acceptors (Lipinski definition) is 2. The van der Waals surface area contributed by atoms with E-state index in [1.54, 1.807) is 0 Å². The van der Waals surface area contributed by atoms with Crippen molar-refractivity contribution >= 4 is 0 Å². The predicted molar refractivity (Wildman–Crippen MR) is 81.3 cm³/mol. The van der Waals surface area contributed by atoms with Gasteiger partial charge in [-0.05, 0) is 77.3 Å². The monoisotopic (exact) mass is 264 g/mol. The van der Waals surface area contributed by atoms with Crippen LogP contribution >= 0.6 is 0 Å². The van der Waals surface area contributed by atoms with E-state index >= 15 is 0 Å². The summed E-state index contributed by atoms with van der Waals surface area (Å²) in [6, 6.07) is 2.55. The van der Waals surface area contributed by atoms with Crippen molar-refractivity contribution in [1.29, 1.82) is 0 Å². The van der Waals surface area contributed by atoms with Crippen molar-refractivity contribution in [3.63, 3.8) is 0 Å². The van der Waals surface area contributed by atoms with E-state index in [0.717, 1.165) is 30.0 Å². The normalized spacial score (nSPS) is 40.6. The molecule has 0 amide bonds. The van der Waals surface area contributed by atoms with Crippen molar-refractivity contribution in [2.75, 3.05) is 14.1 Å². The van der Waals surface area contributed by atoms with Gasteiger partial charge >= 0.3 is 0 Å². The van der Waals surface area contributed by atoms with Gasteiger partial charge in [0.25, 0.3) is 0 Å². The summed E-state index contributed by atoms with van der Waals surface area (Å²) < 4.78 is 0. The quantitative estimate of drug-likeness (QED) is 0.837. The first-order valence-electron chi connectivity index (χ1n) is 8.67. The van der Waals surface area contributed by atoms with Gasteiger partial charge in [-0.1, -0.05) is 12.8 Å². The number of nitrogens with one attached hydrogen (secondary N) is 1. The average molecular weight is 264 g/mol. The van der Waals surface area contributed by atoms with Crippen LogP contribution in [0.2, 0.25) is 0 Å². The maximum Gasteiger partial charge on any atom is 0.00978 e. The van der Waals surface area contributed by atoms with Crippen molar-refractivity contribution in [3.8, 4) is 0 Å². The van der Waals surface area contributed by atoms with Gasteiger partial charge in [0, 0.05) is 18.1 Å². The summed E-state index contributed by atoms with van der Waals surface area (Å²) in [4.78, 5) is 2.78. The molecule has 0 aliphatic heterocycles. The summed E-state index contributed by atoms with van der Waals surface area (Å²) in [5.74, 6) is 2.20. The first kappa shape index (κ1) is 13.9. The molecule has 3 fully saturated rings. The van der Waals surface area contributed by atoms with Crippen LogP contribution in [0, 0.1) is 11.8 Å². The summed E-state index contributed by atoms with van der Waals surface area (Å²) in [6.45, 7) is 0. The zero-order valence-corrected chi connectivity index (χ0v) is 12.9. The van der Waals surface area contributed by atoms with Crippen LogP contribution in [0.5, 0.6) is 0 Å². The van der Waals surface area contributed by atoms with Gasteiger partial charge in [0.05, 0.1) is 0 Å². The highest BCUT2D eigenvalue weighted by atomic mass is 15.2. The topological polar surface area (TPSA) is 15.3 Å². The fraction of sp³-hybridized carbons (Fsp3) is 1.00. The Labute approximate surface area is 119 Å². The lowest BCUT2D eigenvalue weighted by molar-refractivity contribution is 0.0829. The first-order valence-corrected chi connectivity index (χ1v) is 8.67. The van der Waals surface area contributed by atoms with Gasteiger partial charge in [0.1, 0.15) is 0 Å². The standard InChI is InChI=1S/C17H32N2/c1-18-15-8-10-16(11-9-15)19(2)17-5-3-4-14(12-17)13-6-7-13/h13-18H,3-12H2,1-2H3. The molecule has 3 saturated carbocycles. The highest BCUT2D eigenvalue weighted by Crippen LogP contribution is 2.45. The Balaban J connectivity index is 1.50. The van der Waals surface area contributed by atoms with Crippen molar-refractivity contribution in [2.24, 2.45) is 11.8 Å². The molecule has 0 aromatic rings. The van der Waals surface area contributed by atoms with E-state index in [0.29, 0.717) is 0 Å². The van der Waals surface area contributed by atoms with Crippen LogP contribution in [0.15, 0.2) is 0 Å². The van der Waals surface area contributed by atoms with Crippen LogP contribution in [-0.2, 0) is 0 Å². The summed E-state index contributed by atoms with van der Waals surface area (Å²) >= 11 is 0. The Bertz CT molecular complexity index is 279. The van der Waals surface area contributed by atoms with Gasteiger partial charge in [-0.2, -0.15) is 0 Å². The summed E-state index contributed by atoms with van der Waals surface area (Å²) in [7, 11) is 4.54. The molecule has 19 heavy (non-hydrogen) atoms. The van der Waals surface area contributed by atoms with Gasteiger partial charge in [-0.3, -0.25) is 0 Å². The van der Waals surface area contributed by atoms with Gasteiger partial charge < -0.3 is 10.2 Å². The van der Waals surface area contributed by atoms with Gasteiger partial charge in [0.15, 0.2) is 0 Å². The third kappa shape index (κ3) is 3.33. The largest absolute Gasteiger partial charge is 0.317 e. The first-order chi connectivity index (χ1) is 9.28. The lowest BCUT2D eigenvalue weighted by Crippen LogP contribution is -2.46. The molecular weight excluding hydrogens is 232 g/mol. The highest BCUT2D eigenvalue weighted by molar-refractivity contribution is 4.91. The second kappa shape index (κ2) is 6.13. The molecule has 2 nitrogen and oxygen atoms in total. The number of nitrogens with zero attached hydrogens (tertiary/aromatic N) is 1. The Morgan fingerprint density at radius 3 is 2.16 bits per heavy atom. The van der Waals surface area contributed by atoms with Crippen LogP contribution in [0.4, 0.5) is 0 Å². The number of rotatable bonds is 4. The molecule has 0 heterocycles. The fourth-order valence-corrected chi connectivity index (χ4v) is 4.64. The third-order valence-corrected chi connectivity index (χ3v) is 6.23. The van der Waals surface area contributed by atoms with Crippen LogP contribution < -0.4 is 5.32 Å². The van der Waals surface area contributed by atoms with Crippen molar-refractivity contribution < 1.29 is 0 Å². The Morgan fingerprint density at radius 2 is 1.53 bits per heavy atom. The summed E-state index contributed by atoms with van der Waals surface area (Å²) in [5.41, 5.74) is 0. The summed E-state index contributed by atoms with van der Waals surface area (Å²) in [5, 5.41) is 3.45. The minimum atomic E-state index is 0.787. The lowest BCUT2D eigenvalue weighted by Gasteiger charge is -2.42. The molecule has 0 bridgehead atoms. The predicted octanol–water partition coefficient (Wildman–Crippen LogP) is 3.42. The maximum absolute atomic E-state index is 3.45. The molecule has 2 unspecified atom stereocenters. The molecule has 3 aliphatic carbocycles. The molecule has 0 aromatic heterocycles. The second-order valence-electron chi connectivity index (χ2n) is 7.38. The van der Waals surface area contributed by atoms with Crippen molar-refractivity contribution in [1.82, 2.24) is 10.2 Å². The van der Waals surface area contributed by atoms with Crippen molar-refractivity contribution in [3.05, 3.63) is 0 Å². The van der Waals surface area contributed by atoms with Gasteiger partial charge in [-0.15, -0.1) is 0 Å². The molecule has 3 aliphatic rings. The van der Waals surface area contributed by atoms with E-state index in [-0.39, 0.29) is 0 Å². The maximum atomic E-state index is 3.45. The zero-order valence-electron chi connectivity index (χ0n) is 12.9. The molecule has 0 aromatic carbocycles. The minimum Gasteiger partial charge on any atom is -0.317 e. The molecule has 0 saturated heterocycles. The minimum absolute atomic E-state index is 0.787. The molecule has 1 N–H and O–H groups in total. The molecular formula is C17H32N2. The van der Waals surface area contributed by atoms with E-state index in [4.69, 9.17) is 0 Å². The van der Waals surface area contributed by atoms with Crippen LogP contribution in [0.25, 0.3) is 0 Å². The fourth-order valence-electron chi connectivity index (χ4n) is 4.64. The van der Waals surface area contributed by atoms with E-state index in [1.165, 1.54) is 64.2 Å². The second-order valence-corrected chi connectivity index (χ2v) is 7.38. The number of hydrogen-bond donors (Lipinski definition) is 1. The Hall–Kier alpha value is -0.0800. The zero-order chi connectivity index (χ0) is 13.2. The Morgan fingerprint density at radius 1 is 0.789 bits per heavy atom. The van der Waals surface area contributed by atoms with Crippen LogP contribution in [-0.4, -0.2) is 37.1 Å². The van der Waals surface area contributed by atoms with Gasteiger partial charge in [-0.25, -0.2) is 0 Å². The molecule has 2 heteroatoms. The van der Waals surface area contributed by atoms with Crippen LogP contribution in [0.1, 0.15) is 64.2 Å². The molecule has 0 spiro atoms. The molecule has 110 valence electrons. The molecule has 3 rings (SSSR count). The smallest absolute Gasteiger partial charge is 0.00978 e. The Kier molecular flexibility index (Phi) is 4.48. The third-order valence-electron chi connectivity index (χ3n) is 6.23. The van der Waals surface area contributed by atoms with E-state index < -0.39 is 0 Å². The molecule has 0 radical (unpaired) electrons. The molecule has 2 atom stereocenters. The average Bonchev–Trinajstić information content (AvgIpc) is 3.31. The SMILES string of the molecule is CNC1CCC(N(C)C2CCCC(C3CC3)C2)CC1.